The minimum atomic E-state index is -0.554. The van der Waals surface area contributed by atoms with E-state index in [1.807, 2.05) is 19.1 Å². The Morgan fingerprint density at radius 1 is 1.19 bits per heavy atom. The summed E-state index contributed by atoms with van der Waals surface area (Å²) in [6.07, 6.45) is 5.30. The Morgan fingerprint density at radius 2 is 1.97 bits per heavy atom. The molecule has 2 N–H and O–H groups in total. The predicted octanol–water partition coefficient (Wildman–Crippen LogP) is 2.66. The van der Waals surface area contributed by atoms with E-state index in [9.17, 15) is 14.4 Å². The van der Waals surface area contributed by atoms with Crippen molar-refractivity contribution in [1.82, 2.24) is 19.9 Å². The van der Waals surface area contributed by atoms with E-state index in [-0.39, 0.29) is 17.3 Å². The zero-order valence-electron chi connectivity index (χ0n) is 17.6. The molecule has 2 aliphatic rings. The Morgan fingerprint density at radius 3 is 2.71 bits per heavy atom. The molecule has 1 fully saturated rings. The van der Waals surface area contributed by atoms with E-state index >= 15 is 0 Å². The Hall–Kier alpha value is -3.22. The fourth-order valence-corrected chi connectivity index (χ4v) is 4.58. The number of H-pyrrole nitrogens is 1. The number of rotatable bonds is 5. The van der Waals surface area contributed by atoms with E-state index in [0.29, 0.717) is 23.7 Å². The summed E-state index contributed by atoms with van der Waals surface area (Å²) in [5, 5.41) is 3.34. The first-order valence-corrected chi connectivity index (χ1v) is 11.1. The molecule has 0 spiro atoms. The van der Waals surface area contributed by atoms with Crippen LogP contribution >= 0.6 is 0 Å². The monoisotopic (exact) mass is 418 g/mol. The number of hydrogen-bond donors (Lipinski definition) is 2. The van der Waals surface area contributed by atoms with Crippen molar-refractivity contribution in [2.45, 2.75) is 64.0 Å². The minimum Gasteiger partial charge on any atom is -0.349 e. The fourth-order valence-electron chi connectivity index (χ4n) is 4.58. The first kappa shape index (κ1) is 19.7. The normalized spacial score (nSPS) is 18.0. The summed E-state index contributed by atoms with van der Waals surface area (Å²) >= 11 is 0. The Balaban J connectivity index is 1.56. The highest BCUT2D eigenvalue weighted by atomic mass is 16.2. The smallest absolute Gasteiger partial charge is 0.329 e. The second kappa shape index (κ2) is 7.80. The van der Waals surface area contributed by atoms with Gasteiger partial charge < -0.3 is 5.32 Å². The quantitative estimate of drug-likeness (QED) is 0.666. The lowest BCUT2D eigenvalue weighted by molar-refractivity contribution is 0.0935. The van der Waals surface area contributed by atoms with Crippen LogP contribution in [0.3, 0.4) is 0 Å². The zero-order chi connectivity index (χ0) is 21.5. The number of aryl methyl sites for hydroxylation is 2. The molecular formula is C24H26N4O3. The Kier molecular flexibility index (Phi) is 4.96. The van der Waals surface area contributed by atoms with E-state index < -0.39 is 11.2 Å². The van der Waals surface area contributed by atoms with Gasteiger partial charge in [-0.3, -0.25) is 19.1 Å². The van der Waals surface area contributed by atoms with Crippen LogP contribution in [0.15, 0.2) is 39.9 Å². The van der Waals surface area contributed by atoms with Crippen LogP contribution in [-0.2, 0) is 19.4 Å². The van der Waals surface area contributed by atoms with Crippen molar-refractivity contribution < 1.29 is 4.79 Å². The van der Waals surface area contributed by atoms with Gasteiger partial charge in [0.1, 0.15) is 0 Å². The van der Waals surface area contributed by atoms with Crippen LogP contribution < -0.4 is 16.6 Å². The molecule has 5 rings (SSSR count). The molecule has 2 aromatic heterocycles. The zero-order valence-corrected chi connectivity index (χ0v) is 17.6. The first-order chi connectivity index (χ1) is 15.0. The van der Waals surface area contributed by atoms with Gasteiger partial charge in [0.2, 0.25) is 0 Å². The highest BCUT2D eigenvalue weighted by Gasteiger charge is 2.29. The molecule has 31 heavy (non-hydrogen) atoms. The second-order valence-electron chi connectivity index (χ2n) is 8.66. The van der Waals surface area contributed by atoms with Gasteiger partial charge in [0.05, 0.1) is 10.9 Å². The predicted molar refractivity (Wildman–Crippen MR) is 119 cm³/mol. The molecule has 160 valence electrons. The van der Waals surface area contributed by atoms with Crippen LogP contribution in [0.4, 0.5) is 0 Å². The van der Waals surface area contributed by atoms with Crippen LogP contribution in [0.25, 0.3) is 11.0 Å². The van der Waals surface area contributed by atoms with Crippen LogP contribution in [0, 0.1) is 0 Å². The van der Waals surface area contributed by atoms with Crippen LogP contribution in [0.2, 0.25) is 0 Å². The molecule has 3 aromatic rings. The third kappa shape index (κ3) is 3.69. The number of nitrogens with one attached hydrogen (secondary N) is 2. The topological polar surface area (TPSA) is 96.9 Å². The highest BCUT2D eigenvalue weighted by Crippen LogP contribution is 2.40. The second-order valence-corrected chi connectivity index (χ2v) is 8.66. The maximum atomic E-state index is 13.4. The summed E-state index contributed by atoms with van der Waals surface area (Å²) in [6, 6.07) is 10.1. The van der Waals surface area contributed by atoms with Crippen LogP contribution in [0.5, 0.6) is 0 Å². The SMILES string of the molecule is CCCn1c(=O)[nH]c(=O)c2c(C(=O)NC3CCc4ccccc4C3)cc(C3CC3)nc21. The molecule has 2 heterocycles. The fraction of sp³-hybridized carbons (Fsp3) is 0.417. The van der Waals surface area contributed by atoms with E-state index in [0.717, 1.165) is 44.2 Å². The molecular weight excluding hydrogens is 392 g/mol. The molecule has 1 saturated carbocycles. The van der Waals surface area contributed by atoms with Gasteiger partial charge in [-0.05, 0) is 55.7 Å². The van der Waals surface area contributed by atoms with Crippen molar-refractivity contribution in [2.24, 2.45) is 0 Å². The minimum absolute atomic E-state index is 0.00983. The van der Waals surface area contributed by atoms with Gasteiger partial charge >= 0.3 is 5.69 Å². The van der Waals surface area contributed by atoms with Crippen molar-refractivity contribution in [3.8, 4) is 0 Å². The summed E-state index contributed by atoms with van der Waals surface area (Å²) in [6.45, 7) is 2.40. The number of hydrogen-bond acceptors (Lipinski definition) is 4. The number of amides is 1. The molecule has 1 aromatic carbocycles. The average molecular weight is 418 g/mol. The molecule has 7 nitrogen and oxygen atoms in total. The van der Waals surface area contributed by atoms with Crippen molar-refractivity contribution >= 4 is 16.9 Å². The average Bonchev–Trinajstić information content (AvgIpc) is 3.61. The third-order valence-corrected chi connectivity index (χ3v) is 6.34. The summed E-state index contributed by atoms with van der Waals surface area (Å²) in [5.41, 5.74) is 2.99. The Labute approximate surface area is 179 Å². The number of carbonyl (C=O) groups excluding carboxylic acids is 1. The van der Waals surface area contributed by atoms with Crippen molar-refractivity contribution in [2.75, 3.05) is 0 Å². The van der Waals surface area contributed by atoms with Gasteiger partial charge in [-0.2, -0.15) is 0 Å². The van der Waals surface area contributed by atoms with E-state index in [1.54, 1.807) is 6.07 Å². The van der Waals surface area contributed by atoms with Gasteiger partial charge in [0, 0.05) is 24.2 Å². The standard InChI is InChI=1S/C24H26N4O3/c1-2-11-28-21-20(23(30)27-24(28)31)18(13-19(26-21)15-7-8-15)22(29)25-17-10-9-14-5-3-4-6-16(14)12-17/h3-6,13,15,17H,2,7-12H2,1H3,(H,25,29)(H,27,30,31). The molecule has 7 heteroatoms. The number of pyridine rings is 1. The number of nitrogens with zero attached hydrogens (tertiary/aromatic N) is 2. The lowest BCUT2D eigenvalue weighted by atomic mass is 9.88. The molecule has 1 atom stereocenters. The van der Waals surface area contributed by atoms with Crippen molar-refractivity contribution in [1.29, 1.82) is 0 Å². The number of aromatic nitrogens is 3. The molecule has 0 aliphatic heterocycles. The number of aromatic amines is 1. The third-order valence-electron chi connectivity index (χ3n) is 6.34. The van der Waals surface area contributed by atoms with Crippen molar-refractivity contribution in [3.63, 3.8) is 0 Å². The molecule has 2 aliphatic carbocycles. The number of benzene rings is 1. The lowest BCUT2D eigenvalue weighted by Crippen LogP contribution is -2.40. The highest BCUT2D eigenvalue weighted by molar-refractivity contribution is 6.05. The number of fused-ring (bicyclic) bond motifs is 2. The van der Waals surface area contributed by atoms with Crippen LogP contribution in [0.1, 0.15) is 65.7 Å². The largest absolute Gasteiger partial charge is 0.349 e. The summed E-state index contributed by atoms with van der Waals surface area (Å²) in [4.78, 5) is 45.6. The summed E-state index contributed by atoms with van der Waals surface area (Å²) in [5.74, 6) is 0.0212. The van der Waals surface area contributed by atoms with Gasteiger partial charge in [-0.15, -0.1) is 0 Å². The lowest BCUT2D eigenvalue weighted by Gasteiger charge is -2.25. The molecule has 0 radical (unpaired) electrons. The summed E-state index contributed by atoms with van der Waals surface area (Å²) in [7, 11) is 0. The van der Waals surface area contributed by atoms with Gasteiger partial charge in [-0.25, -0.2) is 9.78 Å². The number of carbonyl (C=O) groups is 1. The summed E-state index contributed by atoms with van der Waals surface area (Å²) < 4.78 is 1.48. The first-order valence-electron chi connectivity index (χ1n) is 11.1. The van der Waals surface area contributed by atoms with E-state index in [1.165, 1.54) is 15.7 Å². The maximum absolute atomic E-state index is 13.4. The maximum Gasteiger partial charge on any atom is 0.329 e. The van der Waals surface area contributed by atoms with Crippen LogP contribution in [-0.4, -0.2) is 26.5 Å². The Bertz CT molecular complexity index is 1290. The van der Waals surface area contributed by atoms with E-state index in [4.69, 9.17) is 0 Å². The van der Waals surface area contributed by atoms with Gasteiger partial charge in [0.15, 0.2) is 5.65 Å². The molecule has 1 amide bonds. The van der Waals surface area contributed by atoms with E-state index in [2.05, 4.69) is 27.4 Å². The molecule has 0 bridgehead atoms. The van der Waals surface area contributed by atoms with Gasteiger partial charge in [-0.1, -0.05) is 31.2 Å². The molecule has 1 unspecified atom stereocenters. The van der Waals surface area contributed by atoms with Crippen molar-refractivity contribution in [3.05, 3.63) is 73.6 Å². The van der Waals surface area contributed by atoms with Gasteiger partial charge in [0.25, 0.3) is 11.5 Å². The molecule has 0 saturated heterocycles.